The van der Waals surface area contributed by atoms with Crippen LogP contribution in [0, 0.1) is 0 Å². The van der Waals surface area contributed by atoms with E-state index in [1.165, 1.54) is 4.68 Å². The number of nitrogens with zero attached hydrogens (tertiary/aromatic N) is 2. The Bertz CT molecular complexity index is 969. The van der Waals surface area contributed by atoms with Crippen molar-refractivity contribution in [2.75, 3.05) is 20.8 Å². The zero-order chi connectivity index (χ0) is 20.8. The van der Waals surface area contributed by atoms with E-state index in [-0.39, 0.29) is 12.5 Å². The highest BCUT2D eigenvalue weighted by molar-refractivity contribution is 5.94. The summed E-state index contributed by atoms with van der Waals surface area (Å²) in [5.41, 5.74) is 2.80. The van der Waals surface area contributed by atoms with Crippen LogP contribution < -0.4 is 14.8 Å². The van der Waals surface area contributed by atoms with E-state index in [0.29, 0.717) is 29.3 Å². The fourth-order valence-electron chi connectivity index (χ4n) is 3.14. The van der Waals surface area contributed by atoms with E-state index in [9.17, 15) is 9.90 Å². The lowest BCUT2D eigenvalue weighted by molar-refractivity contribution is 0.0907. The summed E-state index contributed by atoms with van der Waals surface area (Å²) in [5.74, 6) is 0.978. The van der Waals surface area contributed by atoms with Crippen molar-refractivity contribution in [3.8, 4) is 22.8 Å². The van der Waals surface area contributed by atoms with Gasteiger partial charge in [-0.25, -0.2) is 0 Å². The van der Waals surface area contributed by atoms with Gasteiger partial charge in [0.15, 0.2) is 0 Å². The summed E-state index contributed by atoms with van der Waals surface area (Å²) in [6, 6.07) is 16.5. The van der Waals surface area contributed by atoms with Gasteiger partial charge in [-0.2, -0.15) is 5.10 Å². The minimum Gasteiger partial charge on any atom is -0.497 e. The van der Waals surface area contributed by atoms with Gasteiger partial charge in [0, 0.05) is 18.7 Å². The van der Waals surface area contributed by atoms with Crippen LogP contribution in [0.1, 0.15) is 16.1 Å². The molecular weight excluding hydrogens is 370 g/mol. The molecule has 3 aromatic rings. The quantitative estimate of drug-likeness (QED) is 0.612. The van der Waals surface area contributed by atoms with Crippen molar-refractivity contribution in [2.24, 2.45) is 7.05 Å². The van der Waals surface area contributed by atoms with Gasteiger partial charge in [0.25, 0.3) is 5.91 Å². The number of hydrogen-bond donors (Lipinski definition) is 2. The number of ether oxygens (including phenoxy) is 2. The summed E-state index contributed by atoms with van der Waals surface area (Å²) in [7, 11) is 4.87. The number of amides is 1. The van der Waals surface area contributed by atoms with Gasteiger partial charge in [0.05, 0.1) is 32.6 Å². The molecule has 0 spiro atoms. The molecule has 152 valence electrons. The first-order chi connectivity index (χ1) is 14.0. The first kappa shape index (κ1) is 20.4. The van der Waals surface area contributed by atoms with Crippen LogP contribution in [-0.2, 0) is 13.5 Å². The predicted molar refractivity (Wildman–Crippen MR) is 110 cm³/mol. The maximum atomic E-state index is 12.8. The molecule has 0 aliphatic rings. The van der Waals surface area contributed by atoms with Gasteiger partial charge in [-0.15, -0.1) is 0 Å². The molecule has 0 fully saturated rings. The van der Waals surface area contributed by atoms with E-state index in [1.54, 1.807) is 33.4 Å². The molecule has 2 N–H and O–H groups in total. The molecule has 7 heteroatoms. The summed E-state index contributed by atoms with van der Waals surface area (Å²) in [5, 5.41) is 17.0. The van der Waals surface area contributed by atoms with Crippen molar-refractivity contribution >= 4 is 5.91 Å². The number of aliphatic hydroxyl groups is 1. The van der Waals surface area contributed by atoms with E-state index >= 15 is 0 Å². The first-order valence-electron chi connectivity index (χ1n) is 9.27. The molecule has 1 aromatic heterocycles. The number of rotatable bonds is 8. The molecule has 0 aliphatic carbocycles. The second-order valence-electron chi connectivity index (χ2n) is 6.65. The van der Waals surface area contributed by atoms with Gasteiger partial charge in [0.2, 0.25) is 0 Å². The largest absolute Gasteiger partial charge is 0.497 e. The fraction of sp³-hybridized carbons (Fsp3) is 0.273. The Balaban J connectivity index is 1.80. The third-order valence-electron chi connectivity index (χ3n) is 4.68. The predicted octanol–water partition coefficient (Wildman–Crippen LogP) is 2.44. The molecule has 1 amide bonds. The number of benzene rings is 2. The highest BCUT2D eigenvalue weighted by atomic mass is 16.5. The van der Waals surface area contributed by atoms with Crippen LogP contribution in [0.2, 0.25) is 0 Å². The number of nitrogens with one attached hydrogen (secondary N) is 1. The van der Waals surface area contributed by atoms with Gasteiger partial charge in [-0.1, -0.05) is 30.3 Å². The van der Waals surface area contributed by atoms with E-state index in [4.69, 9.17) is 9.47 Å². The number of aliphatic hydroxyl groups excluding tert-OH is 1. The molecular formula is C22H25N3O4. The van der Waals surface area contributed by atoms with Crippen LogP contribution in [0.4, 0.5) is 0 Å². The molecule has 3 rings (SSSR count). The SMILES string of the molecule is COc1ccc(-c2cc(C(=O)N[C@H](CO)Cc3ccccc3)n(C)n2)c(OC)c1. The molecule has 0 saturated heterocycles. The molecule has 7 nitrogen and oxygen atoms in total. The van der Waals surface area contributed by atoms with Crippen LogP contribution in [0.5, 0.6) is 11.5 Å². The molecule has 2 aromatic carbocycles. The summed E-state index contributed by atoms with van der Waals surface area (Å²) < 4.78 is 12.2. The second-order valence-corrected chi connectivity index (χ2v) is 6.65. The van der Waals surface area contributed by atoms with E-state index in [1.807, 2.05) is 42.5 Å². The highest BCUT2D eigenvalue weighted by Gasteiger charge is 2.20. The third-order valence-corrected chi connectivity index (χ3v) is 4.68. The molecule has 29 heavy (non-hydrogen) atoms. The van der Waals surface area contributed by atoms with Crippen molar-refractivity contribution < 1.29 is 19.4 Å². The van der Waals surface area contributed by atoms with Gasteiger partial charge in [0.1, 0.15) is 17.2 Å². The van der Waals surface area contributed by atoms with E-state index in [0.717, 1.165) is 11.1 Å². The summed E-state index contributed by atoms with van der Waals surface area (Å²) in [4.78, 5) is 12.8. The number of aromatic nitrogens is 2. The van der Waals surface area contributed by atoms with Crippen molar-refractivity contribution in [1.29, 1.82) is 0 Å². The number of carbonyl (C=O) groups is 1. The van der Waals surface area contributed by atoms with Gasteiger partial charge >= 0.3 is 0 Å². The molecule has 0 aliphatic heterocycles. The Kier molecular flexibility index (Phi) is 6.51. The fourth-order valence-corrected chi connectivity index (χ4v) is 3.14. The lowest BCUT2D eigenvalue weighted by atomic mass is 10.1. The average molecular weight is 395 g/mol. The molecule has 0 bridgehead atoms. The minimum atomic E-state index is -0.390. The lowest BCUT2D eigenvalue weighted by Gasteiger charge is -2.16. The lowest BCUT2D eigenvalue weighted by Crippen LogP contribution is -2.39. The maximum absolute atomic E-state index is 12.8. The Hall–Kier alpha value is -3.32. The van der Waals surface area contributed by atoms with Crippen LogP contribution in [0.15, 0.2) is 54.6 Å². The topological polar surface area (TPSA) is 85.6 Å². The molecule has 0 radical (unpaired) electrons. The standard InChI is InChI=1S/C22H25N3O4/c1-25-20(22(27)23-16(14-26)11-15-7-5-4-6-8-15)13-19(24-25)18-10-9-17(28-2)12-21(18)29-3/h4-10,12-13,16,26H,11,14H2,1-3H3,(H,23,27)/t16-/m0/s1. The van der Waals surface area contributed by atoms with Crippen LogP contribution in [0.25, 0.3) is 11.3 Å². The van der Waals surface area contributed by atoms with Crippen molar-refractivity contribution in [1.82, 2.24) is 15.1 Å². The van der Waals surface area contributed by atoms with E-state index in [2.05, 4.69) is 10.4 Å². The summed E-state index contributed by atoms with van der Waals surface area (Å²) in [6.45, 7) is -0.155. The molecule has 1 atom stereocenters. The van der Waals surface area contributed by atoms with Crippen LogP contribution in [0.3, 0.4) is 0 Å². The normalized spacial score (nSPS) is 11.7. The zero-order valence-corrected chi connectivity index (χ0v) is 16.8. The number of carbonyl (C=O) groups excluding carboxylic acids is 1. The van der Waals surface area contributed by atoms with Gasteiger partial charge in [-0.05, 0) is 30.2 Å². The number of hydrogen-bond acceptors (Lipinski definition) is 5. The summed E-state index contributed by atoms with van der Waals surface area (Å²) >= 11 is 0. The molecule has 1 heterocycles. The maximum Gasteiger partial charge on any atom is 0.269 e. The van der Waals surface area contributed by atoms with Crippen molar-refractivity contribution in [3.05, 3.63) is 65.9 Å². The van der Waals surface area contributed by atoms with Crippen LogP contribution >= 0.6 is 0 Å². The highest BCUT2D eigenvalue weighted by Crippen LogP contribution is 2.32. The molecule has 0 unspecified atom stereocenters. The van der Waals surface area contributed by atoms with E-state index < -0.39 is 6.04 Å². The average Bonchev–Trinajstić information content (AvgIpc) is 3.14. The van der Waals surface area contributed by atoms with Crippen molar-refractivity contribution in [3.63, 3.8) is 0 Å². The van der Waals surface area contributed by atoms with Gasteiger partial charge < -0.3 is 19.9 Å². The Morgan fingerprint density at radius 1 is 1.14 bits per heavy atom. The van der Waals surface area contributed by atoms with Crippen molar-refractivity contribution in [2.45, 2.75) is 12.5 Å². The second kappa shape index (κ2) is 9.25. The first-order valence-corrected chi connectivity index (χ1v) is 9.27. The Morgan fingerprint density at radius 2 is 1.90 bits per heavy atom. The molecule has 0 saturated carbocycles. The number of aryl methyl sites for hydroxylation is 1. The Labute approximate surface area is 169 Å². The van der Waals surface area contributed by atoms with Gasteiger partial charge in [-0.3, -0.25) is 9.48 Å². The van der Waals surface area contributed by atoms with Crippen LogP contribution in [-0.4, -0.2) is 47.7 Å². The third kappa shape index (κ3) is 4.75. The smallest absolute Gasteiger partial charge is 0.269 e. The monoisotopic (exact) mass is 395 g/mol. The zero-order valence-electron chi connectivity index (χ0n) is 16.8. The number of methoxy groups -OCH3 is 2. The Morgan fingerprint density at radius 3 is 2.55 bits per heavy atom. The minimum absolute atomic E-state index is 0.155. The summed E-state index contributed by atoms with van der Waals surface area (Å²) in [6.07, 6.45) is 0.542.